The second-order valence-electron chi connectivity index (χ2n) is 4.82. The number of aliphatic imine (C=N–C) groups is 1. The van der Waals surface area contributed by atoms with Gasteiger partial charge in [-0.3, -0.25) is 4.99 Å². The van der Waals surface area contributed by atoms with Crippen LogP contribution in [-0.4, -0.2) is 5.84 Å². The van der Waals surface area contributed by atoms with Gasteiger partial charge in [0, 0.05) is 5.92 Å². The van der Waals surface area contributed by atoms with Crippen molar-refractivity contribution in [2.24, 2.45) is 16.6 Å². The van der Waals surface area contributed by atoms with Gasteiger partial charge in [-0.25, -0.2) is 4.39 Å². The van der Waals surface area contributed by atoms with Crippen LogP contribution in [0.5, 0.6) is 0 Å². The SMILES string of the molecule is NC(=NCc1ccc(F)c(Cl)c1)C1CCCCC1. The van der Waals surface area contributed by atoms with E-state index in [-0.39, 0.29) is 5.02 Å². The van der Waals surface area contributed by atoms with E-state index in [1.807, 2.05) is 0 Å². The summed E-state index contributed by atoms with van der Waals surface area (Å²) < 4.78 is 13.0. The zero-order valence-corrected chi connectivity index (χ0v) is 11.1. The van der Waals surface area contributed by atoms with E-state index < -0.39 is 5.82 Å². The standard InChI is InChI=1S/C14H18ClFN2/c15-12-8-10(6-7-13(12)16)9-18-14(17)11-4-2-1-3-5-11/h6-8,11H,1-5,9H2,(H2,17,18). The van der Waals surface area contributed by atoms with Crippen LogP contribution in [0.3, 0.4) is 0 Å². The molecule has 1 aromatic rings. The van der Waals surface area contributed by atoms with E-state index in [1.165, 1.54) is 25.3 Å². The van der Waals surface area contributed by atoms with Crippen LogP contribution in [0.15, 0.2) is 23.2 Å². The van der Waals surface area contributed by atoms with Gasteiger partial charge in [0.05, 0.1) is 17.4 Å². The van der Waals surface area contributed by atoms with Gasteiger partial charge in [0.2, 0.25) is 0 Å². The smallest absolute Gasteiger partial charge is 0.141 e. The van der Waals surface area contributed by atoms with E-state index in [0.717, 1.165) is 24.2 Å². The molecule has 2 rings (SSSR count). The zero-order chi connectivity index (χ0) is 13.0. The highest BCUT2D eigenvalue weighted by Gasteiger charge is 2.16. The maximum atomic E-state index is 13.0. The molecule has 0 radical (unpaired) electrons. The lowest BCUT2D eigenvalue weighted by atomic mass is 9.88. The highest BCUT2D eigenvalue weighted by atomic mass is 35.5. The van der Waals surface area contributed by atoms with Crippen LogP contribution in [0.2, 0.25) is 5.02 Å². The number of hydrogen-bond acceptors (Lipinski definition) is 1. The Hall–Kier alpha value is -1.09. The number of hydrogen-bond donors (Lipinski definition) is 1. The molecule has 1 aromatic carbocycles. The van der Waals surface area contributed by atoms with E-state index in [1.54, 1.807) is 12.1 Å². The Morgan fingerprint density at radius 1 is 1.33 bits per heavy atom. The largest absolute Gasteiger partial charge is 0.387 e. The summed E-state index contributed by atoms with van der Waals surface area (Å²) in [6.07, 6.45) is 6.06. The van der Waals surface area contributed by atoms with E-state index in [2.05, 4.69) is 4.99 Å². The van der Waals surface area contributed by atoms with Crippen molar-refractivity contribution < 1.29 is 4.39 Å². The summed E-state index contributed by atoms with van der Waals surface area (Å²) in [7, 11) is 0. The maximum Gasteiger partial charge on any atom is 0.141 e. The Bertz CT molecular complexity index is 439. The lowest BCUT2D eigenvalue weighted by molar-refractivity contribution is 0.436. The fraction of sp³-hybridized carbons (Fsp3) is 0.500. The van der Waals surface area contributed by atoms with Crippen molar-refractivity contribution >= 4 is 17.4 Å². The van der Waals surface area contributed by atoms with Crippen molar-refractivity contribution in [3.63, 3.8) is 0 Å². The first-order chi connectivity index (χ1) is 8.66. The molecule has 0 aromatic heterocycles. The second kappa shape index (κ2) is 6.19. The molecule has 0 spiro atoms. The van der Waals surface area contributed by atoms with Gasteiger partial charge in [-0.2, -0.15) is 0 Å². The first kappa shape index (κ1) is 13.3. The predicted molar refractivity (Wildman–Crippen MR) is 73.3 cm³/mol. The van der Waals surface area contributed by atoms with E-state index in [4.69, 9.17) is 17.3 Å². The van der Waals surface area contributed by atoms with Crippen LogP contribution in [0.25, 0.3) is 0 Å². The predicted octanol–water partition coefficient (Wildman–Crippen LogP) is 3.92. The molecule has 0 amide bonds. The Labute approximate surface area is 112 Å². The molecule has 0 aliphatic heterocycles. The molecule has 0 saturated heterocycles. The van der Waals surface area contributed by atoms with Crippen molar-refractivity contribution in [2.75, 3.05) is 0 Å². The average molecular weight is 269 g/mol. The van der Waals surface area contributed by atoms with Crippen LogP contribution in [0, 0.1) is 11.7 Å². The van der Waals surface area contributed by atoms with Gasteiger partial charge in [-0.15, -0.1) is 0 Å². The molecule has 2 nitrogen and oxygen atoms in total. The van der Waals surface area contributed by atoms with E-state index >= 15 is 0 Å². The van der Waals surface area contributed by atoms with Gasteiger partial charge in [-0.1, -0.05) is 36.9 Å². The van der Waals surface area contributed by atoms with Crippen molar-refractivity contribution in [3.05, 3.63) is 34.6 Å². The number of amidine groups is 1. The van der Waals surface area contributed by atoms with Crippen molar-refractivity contribution in [1.82, 2.24) is 0 Å². The molecular formula is C14H18ClFN2. The monoisotopic (exact) mass is 268 g/mol. The zero-order valence-electron chi connectivity index (χ0n) is 10.3. The lowest BCUT2D eigenvalue weighted by Crippen LogP contribution is -2.25. The minimum Gasteiger partial charge on any atom is -0.387 e. The molecule has 2 N–H and O–H groups in total. The number of nitrogens with two attached hydrogens (primary N) is 1. The molecule has 4 heteroatoms. The first-order valence-electron chi connectivity index (χ1n) is 6.40. The average Bonchev–Trinajstić information content (AvgIpc) is 2.41. The summed E-state index contributed by atoms with van der Waals surface area (Å²) in [5, 5.41) is 0.138. The second-order valence-corrected chi connectivity index (χ2v) is 5.23. The van der Waals surface area contributed by atoms with Gasteiger partial charge >= 0.3 is 0 Å². The first-order valence-corrected chi connectivity index (χ1v) is 6.78. The maximum absolute atomic E-state index is 13.0. The minimum absolute atomic E-state index is 0.138. The number of nitrogens with zero attached hydrogens (tertiary/aromatic N) is 1. The van der Waals surface area contributed by atoms with Crippen LogP contribution >= 0.6 is 11.6 Å². The summed E-state index contributed by atoms with van der Waals surface area (Å²) in [6, 6.07) is 4.66. The third kappa shape index (κ3) is 3.45. The highest BCUT2D eigenvalue weighted by molar-refractivity contribution is 6.30. The van der Waals surface area contributed by atoms with Crippen molar-refractivity contribution in [3.8, 4) is 0 Å². The molecule has 1 aliphatic carbocycles. The van der Waals surface area contributed by atoms with Gasteiger partial charge in [-0.05, 0) is 30.5 Å². The van der Waals surface area contributed by atoms with Crippen LogP contribution in [0.4, 0.5) is 4.39 Å². The Morgan fingerprint density at radius 2 is 2.06 bits per heavy atom. The summed E-state index contributed by atoms with van der Waals surface area (Å²) in [4.78, 5) is 4.40. The molecule has 1 fully saturated rings. The molecule has 1 aliphatic rings. The molecule has 0 atom stereocenters. The Balaban J connectivity index is 1.98. The molecule has 18 heavy (non-hydrogen) atoms. The summed E-state index contributed by atoms with van der Waals surface area (Å²) in [5.41, 5.74) is 6.90. The number of rotatable bonds is 3. The Kier molecular flexibility index (Phi) is 4.59. The summed E-state index contributed by atoms with van der Waals surface area (Å²) in [5.74, 6) is 0.759. The Morgan fingerprint density at radius 3 is 2.72 bits per heavy atom. The number of halogens is 2. The molecule has 98 valence electrons. The molecular weight excluding hydrogens is 251 g/mol. The normalized spacial score (nSPS) is 18.0. The fourth-order valence-corrected chi connectivity index (χ4v) is 2.55. The third-order valence-corrected chi connectivity index (χ3v) is 3.74. The number of benzene rings is 1. The van der Waals surface area contributed by atoms with Crippen LogP contribution in [0.1, 0.15) is 37.7 Å². The topological polar surface area (TPSA) is 38.4 Å². The quantitative estimate of drug-likeness (QED) is 0.655. The van der Waals surface area contributed by atoms with Gasteiger partial charge in [0.15, 0.2) is 0 Å². The van der Waals surface area contributed by atoms with Crippen molar-refractivity contribution in [2.45, 2.75) is 38.6 Å². The molecule has 0 bridgehead atoms. The van der Waals surface area contributed by atoms with Gasteiger partial charge in [0.1, 0.15) is 5.82 Å². The van der Waals surface area contributed by atoms with Crippen LogP contribution < -0.4 is 5.73 Å². The van der Waals surface area contributed by atoms with Crippen LogP contribution in [-0.2, 0) is 6.54 Å². The molecule has 0 unspecified atom stereocenters. The minimum atomic E-state index is -0.398. The summed E-state index contributed by atoms with van der Waals surface area (Å²) in [6.45, 7) is 0.475. The summed E-state index contributed by atoms with van der Waals surface area (Å²) >= 11 is 5.72. The van der Waals surface area contributed by atoms with Gasteiger partial charge in [0.25, 0.3) is 0 Å². The third-order valence-electron chi connectivity index (χ3n) is 3.45. The highest BCUT2D eigenvalue weighted by Crippen LogP contribution is 2.24. The lowest BCUT2D eigenvalue weighted by Gasteiger charge is -2.20. The molecule has 1 saturated carbocycles. The van der Waals surface area contributed by atoms with E-state index in [9.17, 15) is 4.39 Å². The van der Waals surface area contributed by atoms with Crippen molar-refractivity contribution in [1.29, 1.82) is 0 Å². The fourth-order valence-electron chi connectivity index (χ4n) is 2.35. The van der Waals surface area contributed by atoms with E-state index in [0.29, 0.717) is 12.5 Å². The van der Waals surface area contributed by atoms with Gasteiger partial charge < -0.3 is 5.73 Å². The molecule has 0 heterocycles.